The number of nitrogens with zero attached hydrogens (tertiary/aromatic N) is 2. The molecule has 2 aromatic heterocycles. The van der Waals surface area contributed by atoms with E-state index in [0.717, 1.165) is 29.9 Å². The molecule has 7 heteroatoms. The SMILES string of the molecule is Cc1ccc(NC(=O)Nc2cn[nH]c2C2CC2)c(Br)n1. The van der Waals surface area contributed by atoms with Gasteiger partial charge in [-0.15, -0.1) is 0 Å². The monoisotopic (exact) mass is 335 g/mol. The van der Waals surface area contributed by atoms with Gasteiger partial charge < -0.3 is 10.6 Å². The highest BCUT2D eigenvalue weighted by molar-refractivity contribution is 9.10. The third-order valence-corrected chi connectivity index (χ3v) is 3.74. The van der Waals surface area contributed by atoms with Crippen LogP contribution in [0.4, 0.5) is 16.2 Å². The molecule has 1 saturated carbocycles. The highest BCUT2D eigenvalue weighted by Gasteiger charge is 2.28. The zero-order valence-electron chi connectivity index (χ0n) is 10.9. The number of carbonyl (C=O) groups excluding carboxylic acids is 1. The molecule has 1 fully saturated rings. The largest absolute Gasteiger partial charge is 0.323 e. The van der Waals surface area contributed by atoms with Gasteiger partial charge in [0.05, 0.1) is 23.3 Å². The summed E-state index contributed by atoms with van der Waals surface area (Å²) in [6.45, 7) is 1.89. The first-order chi connectivity index (χ1) is 9.63. The summed E-state index contributed by atoms with van der Waals surface area (Å²) in [4.78, 5) is 16.2. The molecule has 2 aromatic rings. The molecule has 0 spiro atoms. The standard InChI is InChI=1S/C13H14BrN5O/c1-7-2-5-9(12(14)16-7)17-13(20)18-10-6-15-19-11(10)8-3-4-8/h2,5-6,8H,3-4H2,1H3,(H,15,19)(H2,17,18,20). The van der Waals surface area contributed by atoms with Gasteiger partial charge in [-0.3, -0.25) is 5.10 Å². The number of aromatic nitrogens is 3. The zero-order chi connectivity index (χ0) is 14.1. The van der Waals surface area contributed by atoms with Crippen molar-refractivity contribution in [1.29, 1.82) is 0 Å². The van der Waals surface area contributed by atoms with Crippen LogP contribution in [0, 0.1) is 6.92 Å². The van der Waals surface area contributed by atoms with Crippen LogP contribution in [-0.2, 0) is 0 Å². The Balaban J connectivity index is 1.68. The van der Waals surface area contributed by atoms with E-state index >= 15 is 0 Å². The van der Waals surface area contributed by atoms with Gasteiger partial charge in [-0.25, -0.2) is 9.78 Å². The maximum atomic E-state index is 12.0. The molecule has 0 aromatic carbocycles. The van der Waals surface area contributed by atoms with Crippen molar-refractivity contribution in [2.75, 3.05) is 10.6 Å². The van der Waals surface area contributed by atoms with Gasteiger partial charge in [0.15, 0.2) is 0 Å². The Hall–Kier alpha value is -1.89. The fraction of sp³-hybridized carbons (Fsp3) is 0.308. The van der Waals surface area contributed by atoms with Crippen molar-refractivity contribution in [2.24, 2.45) is 0 Å². The van der Waals surface area contributed by atoms with Gasteiger partial charge in [0.1, 0.15) is 4.60 Å². The molecule has 1 aliphatic rings. The maximum absolute atomic E-state index is 12.0. The lowest BCUT2D eigenvalue weighted by Crippen LogP contribution is -2.20. The van der Waals surface area contributed by atoms with Crippen molar-refractivity contribution in [2.45, 2.75) is 25.7 Å². The Bertz CT molecular complexity index is 650. The molecule has 2 heterocycles. The van der Waals surface area contributed by atoms with Gasteiger partial charge >= 0.3 is 6.03 Å². The minimum atomic E-state index is -0.306. The van der Waals surface area contributed by atoms with Gasteiger partial charge in [-0.1, -0.05) is 0 Å². The van der Waals surface area contributed by atoms with E-state index in [0.29, 0.717) is 16.2 Å². The lowest BCUT2D eigenvalue weighted by Gasteiger charge is -2.09. The number of rotatable bonds is 3. The van der Waals surface area contributed by atoms with Crippen molar-refractivity contribution in [1.82, 2.24) is 15.2 Å². The minimum Gasteiger partial charge on any atom is -0.305 e. The van der Waals surface area contributed by atoms with Crippen molar-refractivity contribution in [3.63, 3.8) is 0 Å². The van der Waals surface area contributed by atoms with Crippen LogP contribution >= 0.6 is 15.9 Å². The molecule has 20 heavy (non-hydrogen) atoms. The first-order valence-corrected chi connectivity index (χ1v) is 7.17. The van der Waals surface area contributed by atoms with Crippen molar-refractivity contribution in [3.8, 4) is 0 Å². The average Bonchev–Trinajstić information content (AvgIpc) is 3.14. The number of amides is 2. The molecular formula is C13H14BrN5O. The normalized spacial score (nSPS) is 14.1. The Labute approximate surface area is 124 Å². The topological polar surface area (TPSA) is 82.7 Å². The summed E-state index contributed by atoms with van der Waals surface area (Å²) < 4.78 is 0.613. The Morgan fingerprint density at radius 3 is 2.80 bits per heavy atom. The molecule has 3 N–H and O–H groups in total. The van der Waals surface area contributed by atoms with Crippen LogP contribution < -0.4 is 10.6 Å². The highest BCUT2D eigenvalue weighted by Crippen LogP contribution is 2.42. The summed E-state index contributed by atoms with van der Waals surface area (Å²) in [6, 6.07) is 3.34. The summed E-state index contributed by atoms with van der Waals surface area (Å²) in [6.07, 6.45) is 3.92. The summed E-state index contributed by atoms with van der Waals surface area (Å²) in [7, 11) is 0. The number of hydrogen-bond donors (Lipinski definition) is 3. The Morgan fingerprint density at radius 1 is 1.35 bits per heavy atom. The fourth-order valence-corrected chi connectivity index (χ4v) is 2.48. The Kier molecular flexibility index (Phi) is 3.43. The second-order valence-corrected chi connectivity index (χ2v) is 5.59. The van der Waals surface area contributed by atoms with Crippen LogP contribution in [0.1, 0.15) is 30.1 Å². The molecular weight excluding hydrogens is 322 g/mol. The molecule has 0 bridgehead atoms. The quantitative estimate of drug-likeness (QED) is 0.751. The van der Waals surface area contributed by atoms with Crippen molar-refractivity contribution >= 4 is 33.3 Å². The molecule has 0 unspecified atom stereocenters. The van der Waals surface area contributed by atoms with E-state index < -0.39 is 0 Å². The first kappa shape index (κ1) is 13.1. The fourth-order valence-electron chi connectivity index (χ4n) is 1.97. The van der Waals surface area contributed by atoms with Crippen molar-refractivity contribution < 1.29 is 4.79 Å². The van der Waals surface area contributed by atoms with E-state index in [1.165, 1.54) is 0 Å². The second kappa shape index (κ2) is 5.24. The number of aryl methyl sites for hydroxylation is 1. The van der Waals surface area contributed by atoms with Crippen LogP contribution in [0.25, 0.3) is 0 Å². The summed E-state index contributed by atoms with van der Waals surface area (Å²) in [5.41, 5.74) is 3.25. The average molecular weight is 336 g/mol. The number of H-pyrrole nitrogens is 1. The molecule has 0 aliphatic heterocycles. The lowest BCUT2D eigenvalue weighted by molar-refractivity contribution is 0.262. The van der Waals surface area contributed by atoms with Crippen molar-refractivity contribution in [3.05, 3.63) is 34.3 Å². The van der Waals surface area contributed by atoms with E-state index in [-0.39, 0.29) is 6.03 Å². The van der Waals surface area contributed by atoms with Crippen LogP contribution in [0.5, 0.6) is 0 Å². The van der Waals surface area contributed by atoms with Gasteiger partial charge in [-0.05, 0) is 47.8 Å². The number of hydrogen-bond acceptors (Lipinski definition) is 3. The molecule has 0 saturated heterocycles. The highest BCUT2D eigenvalue weighted by atomic mass is 79.9. The van der Waals surface area contributed by atoms with Gasteiger partial charge in [0.25, 0.3) is 0 Å². The molecule has 1 aliphatic carbocycles. The van der Waals surface area contributed by atoms with E-state index in [4.69, 9.17) is 0 Å². The third kappa shape index (κ3) is 2.82. The Morgan fingerprint density at radius 2 is 2.10 bits per heavy atom. The predicted molar refractivity (Wildman–Crippen MR) is 79.9 cm³/mol. The predicted octanol–water partition coefficient (Wildman–Crippen LogP) is 3.40. The summed E-state index contributed by atoms with van der Waals surface area (Å²) in [5, 5.41) is 12.5. The van der Waals surface area contributed by atoms with E-state index in [1.807, 2.05) is 19.1 Å². The van der Waals surface area contributed by atoms with E-state index in [1.54, 1.807) is 6.20 Å². The summed E-state index contributed by atoms with van der Waals surface area (Å²) >= 11 is 3.33. The van der Waals surface area contributed by atoms with Crippen LogP contribution in [-0.4, -0.2) is 21.2 Å². The number of urea groups is 1. The molecule has 0 atom stereocenters. The molecule has 6 nitrogen and oxygen atoms in total. The third-order valence-electron chi connectivity index (χ3n) is 3.14. The number of aromatic amines is 1. The molecule has 0 radical (unpaired) electrons. The smallest absolute Gasteiger partial charge is 0.305 e. The van der Waals surface area contributed by atoms with E-state index in [2.05, 4.69) is 41.7 Å². The van der Waals surface area contributed by atoms with Gasteiger partial charge in [0, 0.05) is 11.6 Å². The van der Waals surface area contributed by atoms with Crippen LogP contribution in [0.3, 0.4) is 0 Å². The van der Waals surface area contributed by atoms with Crippen LogP contribution in [0.15, 0.2) is 22.9 Å². The number of anilines is 2. The van der Waals surface area contributed by atoms with Crippen LogP contribution in [0.2, 0.25) is 0 Å². The van der Waals surface area contributed by atoms with Gasteiger partial charge in [0.2, 0.25) is 0 Å². The molecule has 2 amide bonds. The lowest BCUT2D eigenvalue weighted by atomic mass is 10.2. The second-order valence-electron chi connectivity index (χ2n) is 4.84. The van der Waals surface area contributed by atoms with Gasteiger partial charge in [-0.2, -0.15) is 5.10 Å². The van der Waals surface area contributed by atoms with E-state index in [9.17, 15) is 4.79 Å². The number of nitrogens with one attached hydrogen (secondary N) is 3. The number of pyridine rings is 1. The molecule has 3 rings (SSSR count). The first-order valence-electron chi connectivity index (χ1n) is 6.38. The number of halogens is 1. The zero-order valence-corrected chi connectivity index (χ0v) is 12.5. The maximum Gasteiger partial charge on any atom is 0.323 e. The minimum absolute atomic E-state index is 0.306. The molecule has 104 valence electrons. The summed E-state index contributed by atoms with van der Waals surface area (Å²) in [5.74, 6) is 0.501. The number of carbonyl (C=O) groups is 1.